The molecule has 4 rings (SSSR count). The predicted octanol–water partition coefficient (Wildman–Crippen LogP) is 3.41. The molecule has 222 valence electrons. The molecule has 0 saturated heterocycles. The first-order chi connectivity index (χ1) is 20.2. The number of aryl methyl sites for hydroxylation is 2. The van der Waals surface area contributed by atoms with E-state index in [4.69, 9.17) is 4.74 Å². The van der Waals surface area contributed by atoms with E-state index in [1.165, 1.54) is 10.9 Å². The van der Waals surface area contributed by atoms with Gasteiger partial charge < -0.3 is 15.4 Å². The van der Waals surface area contributed by atoms with Crippen molar-refractivity contribution in [2.75, 3.05) is 6.61 Å². The quantitative estimate of drug-likeness (QED) is 0.215. The van der Waals surface area contributed by atoms with Gasteiger partial charge in [-0.25, -0.2) is 0 Å². The maximum Gasteiger partial charge on any atom is 0.416 e. The normalized spacial score (nSPS) is 11.3. The lowest BCUT2D eigenvalue weighted by Crippen LogP contribution is -2.24. The molecule has 12 nitrogen and oxygen atoms in total. The van der Waals surface area contributed by atoms with Gasteiger partial charge in [0.25, 0.3) is 11.8 Å². The summed E-state index contributed by atoms with van der Waals surface area (Å²) in [5, 5.41) is 21.0. The van der Waals surface area contributed by atoms with Crippen molar-refractivity contribution in [1.29, 1.82) is 0 Å². The number of nitrogens with one attached hydrogen (secondary N) is 2. The van der Waals surface area contributed by atoms with Gasteiger partial charge in [0.05, 0.1) is 36.8 Å². The number of halogens is 3. The van der Waals surface area contributed by atoms with Crippen molar-refractivity contribution in [2.24, 2.45) is 0 Å². The van der Waals surface area contributed by atoms with Crippen molar-refractivity contribution in [3.05, 3.63) is 83.2 Å². The van der Waals surface area contributed by atoms with Crippen LogP contribution in [-0.2, 0) is 32.4 Å². The monoisotopic (exact) mass is 585 g/mol. The van der Waals surface area contributed by atoms with E-state index in [0.717, 1.165) is 36.1 Å². The number of aromatic nitrogens is 7. The zero-order chi connectivity index (χ0) is 30.0. The molecule has 4 aromatic rings. The lowest BCUT2D eigenvalue weighted by molar-refractivity contribution is -0.137. The van der Waals surface area contributed by atoms with Gasteiger partial charge in [-0.15, -0.1) is 10.2 Å². The highest BCUT2D eigenvalue weighted by atomic mass is 19.4. The number of ether oxygens (including phenoxy) is 1. The molecule has 0 aliphatic carbocycles. The Balaban J connectivity index is 1.16. The Bertz CT molecular complexity index is 1490. The number of carbonyl (C=O) groups excluding carboxylic acids is 2. The third kappa shape index (κ3) is 8.84. The first-order valence-electron chi connectivity index (χ1n) is 13.3. The lowest BCUT2D eigenvalue weighted by atomic mass is 10.2. The molecule has 0 atom stereocenters. The molecule has 3 heterocycles. The number of amides is 2. The second-order valence-electron chi connectivity index (χ2n) is 9.34. The molecule has 3 aromatic heterocycles. The summed E-state index contributed by atoms with van der Waals surface area (Å²) < 4.78 is 47.2. The van der Waals surface area contributed by atoms with Gasteiger partial charge in [-0.05, 0) is 49.1 Å². The van der Waals surface area contributed by atoms with Crippen LogP contribution < -0.4 is 15.4 Å². The third-order valence-electron chi connectivity index (χ3n) is 5.97. The van der Waals surface area contributed by atoms with Crippen molar-refractivity contribution >= 4 is 11.8 Å². The SMILES string of the molecule is CCCOc1cccc(CNC(=O)c2cn(CCCCn3cc(C(=O)NCc4cc(C(F)(F)F)ccn4)nn3)nn2)c1. The maximum atomic E-state index is 12.8. The third-order valence-corrected chi connectivity index (χ3v) is 5.97. The second kappa shape index (κ2) is 14.2. The first kappa shape index (κ1) is 30.1. The number of benzene rings is 1. The van der Waals surface area contributed by atoms with Crippen LogP contribution in [0.25, 0.3) is 0 Å². The van der Waals surface area contributed by atoms with E-state index in [-0.39, 0.29) is 29.5 Å². The Hall–Kier alpha value is -4.82. The van der Waals surface area contributed by atoms with Crippen molar-refractivity contribution in [2.45, 2.75) is 58.5 Å². The fraction of sp³-hybridized carbons (Fsp3) is 0.370. The summed E-state index contributed by atoms with van der Waals surface area (Å²) in [7, 11) is 0. The topological polar surface area (TPSA) is 142 Å². The van der Waals surface area contributed by atoms with Crippen molar-refractivity contribution in [3.8, 4) is 5.75 Å². The number of pyridine rings is 1. The molecule has 2 amide bonds. The van der Waals surface area contributed by atoms with Gasteiger partial charge in [0.2, 0.25) is 0 Å². The van der Waals surface area contributed by atoms with E-state index < -0.39 is 17.6 Å². The summed E-state index contributed by atoms with van der Waals surface area (Å²) in [6, 6.07) is 9.28. The van der Waals surface area contributed by atoms with Crippen molar-refractivity contribution in [3.63, 3.8) is 0 Å². The number of carbonyl (C=O) groups is 2. The van der Waals surface area contributed by atoms with Crippen LogP contribution in [0.1, 0.15) is 64.0 Å². The van der Waals surface area contributed by atoms with Crippen LogP contribution in [0.5, 0.6) is 5.75 Å². The molecule has 42 heavy (non-hydrogen) atoms. The molecule has 0 unspecified atom stereocenters. The zero-order valence-electron chi connectivity index (χ0n) is 22.8. The maximum absolute atomic E-state index is 12.8. The predicted molar refractivity (Wildman–Crippen MR) is 143 cm³/mol. The van der Waals surface area contributed by atoms with Gasteiger partial charge in [-0.3, -0.25) is 23.9 Å². The number of unbranched alkanes of at least 4 members (excludes halogenated alkanes) is 1. The smallest absolute Gasteiger partial charge is 0.416 e. The van der Waals surface area contributed by atoms with E-state index in [9.17, 15) is 22.8 Å². The van der Waals surface area contributed by atoms with Gasteiger partial charge in [-0.2, -0.15) is 13.2 Å². The van der Waals surface area contributed by atoms with Crippen LogP contribution in [-0.4, -0.2) is 53.4 Å². The number of hydrogen-bond acceptors (Lipinski definition) is 8. The molecule has 1 aromatic carbocycles. The summed E-state index contributed by atoms with van der Waals surface area (Å²) in [6.45, 7) is 3.79. The number of rotatable bonds is 14. The van der Waals surface area contributed by atoms with E-state index in [1.54, 1.807) is 10.9 Å². The summed E-state index contributed by atoms with van der Waals surface area (Å²) in [5.74, 6) is -0.156. The Labute approximate surface area is 239 Å². The molecule has 0 spiro atoms. The minimum absolute atomic E-state index is 0.0362. The molecule has 0 fully saturated rings. The molecular formula is C27H30F3N9O3. The molecule has 0 aliphatic rings. The largest absolute Gasteiger partial charge is 0.494 e. The molecule has 15 heteroatoms. The van der Waals surface area contributed by atoms with Crippen molar-refractivity contribution < 1.29 is 27.5 Å². The Morgan fingerprint density at radius 1 is 0.905 bits per heavy atom. The lowest BCUT2D eigenvalue weighted by Gasteiger charge is -2.08. The van der Waals surface area contributed by atoms with Crippen molar-refractivity contribution in [1.82, 2.24) is 45.6 Å². The number of nitrogens with zero attached hydrogens (tertiary/aromatic N) is 7. The highest BCUT2D eigenvalue weighted by Gasteiger charge is 2.30. The van der Waals surface area contributed by atoms with E-state index in [1.807, 2.05) is 31.2 Å². The average molecular weight is 586 g/mol. The Morgan fingerprint density at radius 2 is 1.55 bits per heavy atom. The first-order valence-corrected chi connectivity index (χ1v) is 13.3. The molecular weight excluding hydrogens is 555 g/mol. The zero-order valence-corrected chi connectivity index (χ0v) is 22.8. The van der Waals surface area contributed by atoms with Crippen LogP contribution in [0.15, 0.2) is 55.0 Å². The van der Waals surface area contributed by atoms with E-state index in [2.05, 4.69) is 36.2 Å². The molecule has 0 saturated carbocycles. The summed E-state index contributed by atoms with van der Waals surface area (Å²) in [6.07, 6.45) is 1.86. The van der Waals surface area contributed by atoms with Gasteiger partial charge in [0.1, 0.15) is 5.75 Å². The number of alkyl halides is 3. The van der Waals surface area contributed by atoms with Gasteiger partial charge in [0, 0.05) is 25.8 Å². The standard InChI is InChI=1S/C27H30F3N9O3/c1-2-12-42-22-7-5-6-19(13-22)15-32-25(40)23-17-38(36-34-23)10-3-4-11-39-18-24(35-37-39)26(41)33-16-21-14-20(8-9-31-21)27(28,29)30/h5-9,13-14,17-18H,2-4,10-12,15-16H2,1H3,(H,32,40)(H,33,41). The van der Waals surface area contributed by atoms with Crippen LogP contribution >= 0.6 is 0 Å². The van der Waals surface area contributed by atoms with Crippen LogP contribution in [0.2, 0.25) is 0 Å². The Morgan fingerprint density at radius 3 is 2.17 bits per heavy atom. The van der Waals surface area contributed by atoms with Gasteiger partial charge in [0.15, 0.2) is 11.4 Å². The minimum atomic E-state index is -4.49. The van der Waals surface area contributed by atoms with E-state index in [0.29, 0.717) is 39.1 Å². The van der Waals surface area contributed by atoms with E-state index >= 15 is 0 Å². The summed E-state index contributed by atoms with van der Waals surface area (Å²) in [4.78, 5) is 28.7. The average Bonchev–Trinajstić information content (AvgIpc) is 3.66. The number of hydrogen-bond donors (Lipinski definition) is 2. The summed E-state index contributed by atoms with van der Waals surface area (Å²) >= 11 is 0. The van der Waals surface area contributed by atoms with Crippen LogP contribution in [0.3, 0.4) is 0 Å². The molecule has 0 radical (unpaired) electrons. The van der Waals surface area contributed by atoms with Crippen LogP contribution in [0.4, 0.5) is 13.2 Å². The molecule has 2 N–H and O–H groups in total. The van der Waals surface area contributed by atoms with Gasteiger partial charge in [-0.1, -0.05) is 29.5 Å². The summed E-state index contributed by atoms with van der Waals surface area (Å²) in [5.41, 5.74) is 0.385. The highest BCUT2D eigenvalue weighted by molar-refractivity contribution is 5.92. The fourth-order valence-corrected chi connectivity index (χ4v) is 3.82. The van der Waals surface area contributed by atoms with Gasteiger partial charge >= 0.3 is 6.18 Å². The highest BCUT2D eigenvalue weighted by Crippen LogP contribution is 2.29. The van der Waals surface area contributed by atoms with Crippen LogP contribution in [0, 0.1) is 0 Å². The molecule has 0 aliphatic heterocycles. The second-order valence-corrected chi connectivity index (χ2v) is 9.34. The molecule has 0 bridgehead atoms. The fourth-order valence-electron chi connectivity index (χ4n) is 3.82. The minimum Gasteiger partial charge on any atom is -0.494 e. The Kier molecular flexibility index (Phi) is 10.2.